The molecule has 4 aromatic rings. The van der Waals surface area contributed by atoms with E-state index >= 15 is 0 Å². The normalized spacial score (nSPS) is 10.8. The number of aromatic nitrogens is 2. The summed E-state index contributed by atoms with van der Waals surface area (Å²) in [6.07, 6.45) is 1.53. The van der Waals surface area contributed by atoms with E-state index in [0.717, 1.165) is 10.4 Å². The molecule has 0 fully saturated rings. The highest BCUT2D eigenvalue weighted by atomic mass is 35.5. The van der Waals surface area contributed by atoms with Crippen molar-refractivity contribution in [3.05, 3.63) is 82.5 Å². The first-order valence-electron chi connectivity index (χ1n) is 9.29. The molecule has 31 heavy (non-hydrogen) atoms. The zero-order chi connectivity index (χ0) is 22.0. The van der Waals surface area contributed by atoms with E-state index in [9.17, 15) is 10.0 Å². The number of anilines is 2. The van der Waals surface area contributed by atoms with Gasteiger partial charge in [0.15, 0.2) is 0 Å². The minimum atomic E-state index is -0.341. The van der Waals surface area contributed by atoms with E-state index < -0.39 is 0 Å². The van der Waals surface area contributed by atoms with Gasteiger partial charge in [0.2, 0.25) is 0 Å². The largest absolute Gasteiger partial charge is 0.497 e. The number of halogens is 2. The van der Waals surface area contributed by atoms with Crippen molar-refractivity contribution in [2.24, 2.45) is 0 Å². The van der Waals surface area contributed by atoms with Gasteiger partial charge in [-0.15, -0.1) is 9.94 Å². The Labute approximate surface area is 188 Å². The molecule has 0 aliphatic rings. The number of fused-ring (bicyclic) bond motifs is 1. The minimum Gasteiger partial charge on any atom is -0.497 e. The van der Waals surface area contributed by atoms with Crippen molar-refractivity contribution in [2.45, 2.75) is 6.54 Å². The topological polar surface area (TPSA) is 79.6 Å². The summed E-state index contributed by atoms with van der Waals surface area (Å²) in [5.41, 5.74) is 2.60. The zero-order valence-electron chi connectivity index (χ0n) is 16.4. The molecule has 0 saturated carbocycles. The Morgan fingerprint density at radius 2 is 1.81 bits per heavy atom. The van der Waals surface area contributed by atoms with Crippen LogP contribution in [0.1, 0.15) is 5.56 Å². The van der Waals surface area contributed by atoms with E-state index in [1.807, 2.05) is 0 Å². The summed E-state index contributed by atoms with van der Waals surface area (Å²) in [7, 11) is 1.58. The molecule has 4 rings (SSSR count). The first-order valence-corrected chi connectivity index (χ1v) is 10.0. The number of nitrogens with one attached hydrogen (secondary N) is 1. The number of rotatable bonds is 5. The van der Waals surface area contributed by atoms with Crippen LogP contribution in [0.5, 0.6) is 5.75 Å². The van der Waals surface area contributed by atoms with Crippen LogP contribution in [0.25, 0.3) is 10.9 Å². The first kappa shape index (κ1) is 20.8. The molecule has 1 aromatic heterocycles. The van der Waals surface area contributed by atoms with Crippen LogP contribution >= 0.6 is 23.2 Å². The van der Waals surface area contributed by atoms with Gasteiger partial charge < -0.3 is 15.3 Å². The summed E-state index contributed by atoms with van der Waals surface area (Å²) < 4.78 is 5.22. The third-order valence-corrected chi connectivity index (χ3v) is 5.49. The molecule has 3 aromatic carbocycles. The smallest absolute Gasteiger partial charge is 0.326 e. The summed E-state index contributed by atoms with van der Waals surface area (Å²) in [4.78, 5) is 15.5. The van der Waals surface area contributed by atoms with E-state index in [0.29, 0.717) is 38.1 Å². The molecule has 2 N–H and O–H groups in total. The molecule has 0 atom stereocenters. The quantitative estimate of drug-likeness (QED) is 0.381. The number of ether oxygens (including phenoxy) is 1. The van der Waals surface area contributed by atoms with Gasteiger partial charge in [-0.05, 0) is 60.2 Å². The van der Waals surface area contributed by atoms with Crippen molar-refractivity contribution in [3.8, 4) is 5.75 Å². The Hall–Kier alpha value is -3.42. The van der Waals surface area contributed by atoms with E-state index in [2.05, 4.69) is 10.4 Å². The molecule has 0 spiro atoms. The lowest BCUT2D eigenvalue weighted by molar-refractivity contribution is 0.161. The van der Waals surface area contributed by atoms with E-state index in [1.54, 1.807) is 67.8 Å². The van der Waals surface area contributed by atoms with Crippen LogP contribution in [-0.2, 0) is 6.54 Å². The highest BCUT2D eigenvalue weighted by molar-refractivity contribution is 6.42. The number of amides is 2. The van der Waals surface area contributed by atoms with Gasteiger partial charge in [0.1, 0.15) is 11.3 Å². The number of hydrogen-bond donors (Lipinski definition) is 2. The van der Waals surface area contributed by atoms with Crippen molar-refractivity contribution in [1.29, 1.82) is 0 Å². The lowest BCUT2D eigenvalue weighted by atomic mass is 10.2. The van der Waals surface area contributed by atoms with Crippen LogP contribution in [0.15, 0.2) is 66.9 Å². The van der Waals surface area contributed by atoms with Crippen LogP contribution in [0.3, 0.4) is 0 Å². The molecule has 9 heteroatoms. The number of nitrogens with zero attached hydrogens (tertiary/aromatic N) is 3. The molecule has 158 valence electrons. The monoisotopic (exact) mass is 456 g/mol. The second kappa shape index (κ2) is 8.75. The molecular weight excluding hydrogens is 439 g/mol. The lowest BCUT2D eigenvalue weighted by Crippen LogP contribution is -2.36. The molecule has 0 saturated heterocycles. The van der Waals surface area contributed by atoms with Gasteiger partial charge in [-0.1, -0.05) is 29.3 Å². The third kappa shape index (κ3) is 4.38. The van der Waals surface area contributed by atoms with Crippen LogP contribution in [-0.4, -0.2) is 28.3 Å². The summed E-state index contributed by atoms with van der Waals surface area (Å²) in [5, 5.41) is 18.1. The average molecular weight is 457 g/mol. The zero-order valence-corrected chi connectivity index (χ0v) is 17.9. The van der Waals surface area contributed by atoms with E-state index in [4.69, 9.17) is 27.9 Å². The van der Waals surface area contributed by atoms with Crippen molar-refractivity contribution in [1.82, 2.24) is 15.3 Å². The second-order valence-corrected chi connectivity index (χ2v) is 7.53. The fourth-order valence-corrected chi connectivity index (χ4v) is 3.49. The number of benzene rings is 3. The van der Waals surface area contributed by atoms with E-state index in [-0.39, 0.29) is 12.6 Å². The molecule has 0 aliphatic carbocycles. The second-order valence-electron chi connectivity index (χ2n) is 6.72. The van der Waals surface area contributed by atoms with Gasteiger partial charge in [-0.3, -0.25) is 4.90 Å². The van der Waals surface area contributed by atoms with Crippen LogP contribution in [0.2, 0.25) is 10.0 Å². The Kier molecular flexibility index (Phi) is 5.88. The Bertz CT molecular complexity index is 1240. The fourth-order valence-electron chi connectivity index (χ4n) is 3.17. The van der Waals surface area contributed by atoms with E-state index in [1.165, 1.54) is 11.1 Å². The van der Waals surface area contributed by atoms with Gasteiger partial charge in [-0.2, -0.15) is 0 Å². The minimum absolute atomic E-state index is 0.263. The predicted octanol–water partition coefficient (Wildman–Crippen LogP) is 5.64. The van der Waals surface area contributed by atoms with Gasteiger partial charge in [-0.25, -0.2) is 4.79 Å². The molecule has 0 unspecified atom stereocenters. The van der Waals surface area contributed by atoms with Crippen molar-refractivity contribution < 1.29 is 14.7 Å². The number of urea groups is 1. The maximum absolute atomic E-state index is 13.2. The Balaban J connectivity index is 1.66. The van der Waals surface area contributed by atoms with Crippen molar-refractivity contribution >= 4 is 51.5 Å². The summed E-state index contributed by atoms with van der Waals surface area (Å²) >= 11 is 12.0. The molecule has 0 aliphatic heterocycles. The van der Waals surface area contributed by atoms with Crippen LogP contribution in [0, 0.1) is 0 Å². The predicted molar refractivity (Wildman–Crippen MR) is 121 cm³/mol. The maximum atomic E-state index is 13.2. The highest BCUT2D eigenvalue weighted by Gasteiger charge is 2.19. The number of carbonyl (C=O) groups excluding carboxylic acids is 1. The maximum Gasteiger partial charge on any atom is 0.326 e. The van der Waals surface area contributed by atoms with Gasteiger partial charge in [0, 0.05) is 11.9 Å². The molecule has 2 amide bonds. The summed E-state index contributed by atoms with van der Waals surface area (Å²) in [5.74, 6) is 0.678. The standard InChI is InChI=1S/C22H18Cl2N4O3/c1-31-18-6-3-16(4-7-18)27(17-5-9-21-15(11-17)13-26-28(21)30)22(29)25-12-14-2-8-19(23)20(24)10-14/h2-11,13,30H,12H2,1H3,(H,25,29). The molecule has 7 nitrogen and oxygen atoms in total. The van der Waals surface area contributed by atoms with Gasteiger partial charge in [0.25, 0.3) is 0 Å². The fraction of sp³-hybridized carbons (Fsp3) is 0.0909. The van der Waals surface area contributed by atoms with Gasteiger partial charge in [0.05, 0.1) is 34.7 Å². The molecular formula is C22H18Cl2N4O3. The van der Waals surface area contributed by atoms with Crippen LogP contribution < -0.4 is 15.0 Å². The van der Waals surface area contributed by atoms with Crippen LogP contribution in [0.4, 0.5) is 16.2 Å². The number of methoxy groups -OCH3 is 1. The highest BCUT2D eigenvalue weighted by Crippen LogP contribution is 2.30. The Morgan fingerprint density at radius 3 is 2.52 bits per heavy atom. The van der Waals surface area contributed by atoms with Gasteiger partial charge >= 0.3 is 6.03 Å². The summed E-state index contributed by atoms with van der Waals surface area (Å²) in [6, 6.07) is 17.2. The Morgan fingerprint density at radius 1 is 1.06 bits per heavy atom. The SMILES string of the molecule is COc1ccc(N(C(=O)NCc2ccc(Cl)c(Cl)c2)c2ccc3c(cnn3O)c2)cc1. The average Bonchev–Trinajstić information content (AvgIpc) is 3.15. The first-order chi connectivity index (χ1) is 15.0. The van der Waals surface area contributed by atoms with Crippen molar-refractivity contribution in [3.63, 3.8) is 0 Å². The molecule has 0 bridgehead atoms. The number of carbonyl (C=O) groups is 1. The van der Waals surface area contributed by atoms with Crippen molar-refractivity contribution in [2.75, 3.05) is 12.0 Å². The summed E-state index contributed by atoms with van der Waals surface area (Å²) in [6.45, 7) is 0.263. The number of hydrogen-bond acceptors (Lipinski definition) is 4. The third-order valence-electron chi connectivity index (χ3n) is 4.75. The molecule has 0 radical (unpaired) electrons. The lowest BCUT2D eigenvalue weighted by Gasteiger charge is -2.24. The molecule has 1 heterocycles.